The fraction of sp³-hybridized carbons (Fsp3) is 0.273. The van der Waals surface area contributed by atoms with Crippen LogP contribution in [0.5, 0.6) is 0 Å². The average Bonchev–Trinajstić information content (AvgIpc) is 2.78. The van der Waals surface area contributed by atoms with Crippen molar-refractivity contribution in [1.82, 2.24) is 9.97 Å². The quantitative estimate of drug-likeness (QED) is 0.822. The number of nitrogens with zero attached hydrogens (tertiary/aromatic N) is 2. The zero-order valence-electron chi connectivity index (χ0n) is 9.32. The van der Waals surface area contributed by atoms with Crippen LogP contribution < -0.4 is 10.6 Å². The number of aryl methyl sites for hydroxylation is 1. The van der Waals surface area contributed by atoms with Crippen molar-refractivity contribution in [3.8, 4) is 0 Å². The first-order valence-electron chi connectivity index (χ1n) is 5.07. The lowest BCUT2D eigenvalue weighted by molar-refractivity contribution is 0.518. The van der Waals surface area contributed by atoms with Gasteiger partial charge in [-0.25, -0.2) is 9.97 Å². The van der Waals surface area contributed by atoms with Crippen molar-refractivity contribution in [3.63, 3.8) is 0 Å². The van der Waals surface area contributed by atoms with Gasteiger partial charge >= 0.3 is 0 Å². The number of nitrogens with one attached hydrogen (secondary N) is 2. The summed E-state index contributed by atoms with van der Waals surface area (Å²) in [4.78, 5) is 8.49. The Morgan fingerprint density at radius 2 is 2.12 bits per heavy atom. The predicted octanol–water partition coefficient (Wildman–Crippen LogP) is 2.03. The Morgan fingerprint density at radius 3 is 2.81 bits per heavy atom. The van der Waals surface area contributed by atoms with Gasteiger partial charge in [0, 0.05) is 13.1 Å². The van der Waals surface area contributed by atoms with E-state index in [9.17, 15) is 0 Å². The highest BCUT2D eigenvalue weighted by Gasteiger charge is 2.01. The molecule has 0 aromatic carbocycles. The SMILES string of the molecule is CNc1cc(NCc2ccco2)nc(C)n1. The summed E-state index contributed by atoms with van der Waals surface area (Å²) in [7, 11) is 1.83. The van der Waals surface area contributed by atoms with Gasteiger partial charge in [-0.3, -0.25) is 0 Å². The summed E-state index contributed by atoms with van der Waals surface area (Å²) in [6.45, 7) is 2.48. The highest BCUT2D eigenvalue weighted by atomic mass is 16.3. The molecule has 84 valence electrons. The van der Waals surface area contributed by atoms with Gasteiger partial charge in [-0.15, -0.1) is 0 Å². The van der Waals surface area contributed by atoms with Crippen molar-refractivity contribution >= 4 is 11.6 Å². The predicted molar refractivity (Wildman–Crippen MR) is 62.4 cm³/mol. The zero-order valence-corrected chi connectivity index (χ0v) is 9.32. The second kappa shape index (κ2) is 4.65. The molecule has 0 bridgehead atoms. The third-order valence-corrected chi connectivity index (χ3v) is 2.12. The first-order valence-corrected chi connectivity index (χ1v) is 5.07. The van der Waals surface area contributed by atoms with Gasteiger partial charge in [0.15, 0.2) is 0 Å². The summed E-state index contributed by atoms with van der Waals surface area (Å²) in [5.41, 5.74) is 0. The maximum absolute atomic E-state index is 5.22. The molecular formula is C11H14N4O. The summed E-state index contributed by atoms with van der Waals surface area (Å²) in [5, 5.41) is 6.16. The van der Waals surface area contributed by atoms with E-state index in [0.29, 0.717) is 6.54 Å². The van der Waals surface area contributed by atoms with E-state index < -0.39 is 0 Å². The van der Waals surface area contributed by atoms with Crippen molar-refractivity contribution in [1.29, 1.82) is 0 Å². The maximum Gasteiger partial charge on any atom is 0.132 e. The molecule has 0 fully saturated rings. The summed E-state index contributed by atoms with van der Waals surface area (Å²) in [5.74, 6) is 3.19. The first kappa shape index (κ1) is 10.5. The van der Waals surface area contributed by atoms with E-state index in [1.165, 1.54) is 0 Å². The topological polar surface area (TPSA) is 63.0 Å². The molecule has 0 aliphatic heterocycles. The van der Waals surface area contributed by atoms with Gasteiger partial charge in [0.1, 0.15) is 23.2 Å². The molecule has 0 radical (unpaired) electrons. The molecule has 0 saturated carbocycles. The van der Waals surface area contributed by atoms with E-state index >= 15 is 0 Å². The Balaban J connectivity index is 2.06. The van der Waals surface area contributed by atoms with Crippen molar-refractivity contribution in [2.24, 2.45) is 0 Å². The lowest BCUT2D eigenvalue weighted by Crippen LogP contribution is -2.04. The molecule has 0 amide bonds. The fourth-order valence-electron chi connectivity index (χ4n) is 1.38. The minimum atomic E-state index is 0.618. The molecule has 2 aromatic rings. The maximum atomic E-state index is 5.22. The summed E-state index contributed by atoms with van der Waals surface area (Å²) in [6.07, 6.45) is 1.65. The van der Waals surface area contributed by atoms with Gasteiger partial charge in [-0.1, -0.05) is 0 Å². The number of hydrogen-bond donors (Lipinski definition) is 2. The lowest BCUT2D eigenvalue weighted by atomic mass is 10.4. The molecule has 5 heteroatoms. The van der Waals surface area contributed by atoms with E-state index in [0.717, 1.165) is 23.2 Å². The standard InChI is InChI=1S/C11H14N4O/c1-8-14-10(12-2)6-11(15-8)13-7-9-4-3-5-16-9/h3-6H,7H2,1-2H3,(H2,12,13,14,15). The van der Waals surface area contributed by atoms with Crippen molar-refractivity contribution in [2.45, 2.75) is 13.5 Å². The molecule has 0 spiro atoms. The molecule has 16 heavy (non-hydrogen) atoms. The third-order valence-electron chi connectivity index (χ3n) is 2.12. The van der Waals surface area contributed by atoms with Crippen LogP contribution in [-0.4, -0.2) is 17.0 Å². The van der Waals surface area contributed by atoms with Crippen LogP contribution in [-0.2, 0) is 6.54 Å². The van der Waals surface area contributed by atoms with E-state index in [2.05, 4.69) is 20.6 Å². The van der Waals surface area contributed by atoms with Gasteiger partial charge < -0.3 is 15.1 Å². The Kier molecular flexibility index (Phi) is 3.05. The van der Waals surface area contributed by atoms with Gasteiger partial charge in [0.2, 0.25) is 0 Å². The zero-order chi connectivity index (χ0) is 11.4. The van der Waals surface area contributed by atoms with Crippen LogP contribution in [0.4, 0.5) is 11.6 Å². The molecule has 0 unspecified atom stereocenters. The number of hydrogen-bond acceptors (Lipinski definition) is 5. The van der Waals surface area contributed by atoms with Crippen LogP contribution in [0.3, 0.4) is 0 Å². The van der Waals surface area contributed by atoms with Crippen molar-refractivity contribution < 1.29 is 4.42 Å². The van der Waals surface area contributed by atoms with Crippen LogP contribution in [0, 0.1) is 6.92 Å². The van der Waals surface area contributed by atoms with E-state index in [4.69, 9.17) is 4.42 Å². The molecule has 2 rings (SSSR count). The van der Waals surface area contributed by atoms with Gasteiger partial charge in [0.05, 0.1) is 12.8 Å². The Bertz CT molecular complexity index is 453. The minimum absolute atomic E-state index is 0.618. The Hall–Kier alpha value is -2.04. The second-order valence-electron chi connectivity index (χ2n) is 3.37. The smallest absolute Gasteiger partial charge is 0.132 e. The van der Waals surface area contributed by atoms with E-state index in [1.54, 1.807) is 6.26 Å². The van der Waals surface area contributed by atoms with E-state index in [-0.39, 0.29) is 0 Å². The number of aromatic nitrogens is 2. The average molecular weight is 218 g/mol. The molecule has 2 N–H and O–H groups in total. The monoisotopic (exact) mass is 218 g/mol. The van der Waals surface area contributed by atoms with Crippen LogP contribution in [0.25, 0.3) is 0 Å². The van der Waals surface area contributed by atoms with Gasteiger partial charge in [-0.05, 0) is 19.1 Å². The third kappa shape index (κ3) is 2.50. The van der Waals surface area contributed by atoms with Crippen LogP contribution in [0.15, 0.2) is 28.9 Å². The molecular weight excluding hydrogens is 204 g/mol. The summed E-state index contributed by atoms with van der Waals surface area (Å²) >= 11 is 0. The minimum Gasteiger partial charge on any atom is -0.467 e. The van der Waals surface area contributed by atoms with Gasteiger partial charge in [0.25, 0.3) is 0 Å². The van der Waals surface area contributed by atoms with Crippen LogP contribution >= 0.6 is 0 Å². The fourth-order valence-corrected chi connectivity index (χ4v) is 1.38. The molecule has 0 aliphatic carbocycles. The molecule has 0 saturated heterocycles. The normalized spacial score (nSPS) is 10.1. The van der Waals surface area contributed by atoms with Gasteiger partial charge in [-0.2, -0.15) is 0 Å². The largest absolute Gasteiger partial charge is 0.467 e. The molecule has 0 aliphatic rings. The van der Waals surface area contributed by atoms with Crippen molar-refractivity contribution in [3.05, 3.63) is 36.0 Å². The van der Waals surface area contributed by atoms with Crippen LogP contribution in [0.2, 0.25) is 0 Å². The lowest BCUT2D eigenvalue weighted by Gasteiger charge is -2.06. The molecule has 0 atom stereocenters. The number of furan rings is 1. The highest BCUT2D eigenvalue weighted by molar-refractivity contribution is 5.47. The van der Waals surface area contributed by atoms with E-state index in [1.807, 2.05) is 32.2 Å². The number of rotatable bonds is 4. The Morgan fingerprint density at radius 1 is 1.31 bits per heavy atom. The summed E-state index contributed by atoms with van der Waals surface area (Å²) in [6, 6.07) is 5.64. The first-order chi connectivity index (χ1) is 7.78. The number of anilines is 2. The Labute approximate surface area is 93.9 Å². The second-order valence-corrected chi connectivity index (χ2v) is 3.37. The summed E-state index contributed by atoms with van der Waals surface area (Å²) < 4.78 is 5.22. The highest BCUT2D eigenvalue weighted by Crippen LogP contribution is 2.11. The molecule has 2 aromatic heterocycles. The van der Waals surface area contributed by atoms with Crippen LogP contribution in [0.1, 0.15) is 11.6 Å². The molecule has 5 nitrogen and oxygen atoms in total. The van der Waals surface area contributed by atoms with Crippen molar-refractivity contribution in [2.75, 3.05) is 17.7 Å². The molecule has 2 heterocycles.